The van der Waals surface area contributed by atoms with Crippen molar-refractivity contribution < 1.29 is 24.2 Å². The average Bonchev–Trinajstić information content (AvgIpc) is 2.66. The summed E-state index contributed by atoms with van der Waals surface area (Å²) in [6.45, 7) is 9.62. The standard InChI is InChI=1S/C25H34O5/c1-15(2)22(27)7-6-16(3)8-20-9-17(4)12-25(29-20)13-19(14-26)21-11-23(28)18(5)10-24(21)30-25/h8,10,12-13,15,20-21,24,26H,6-7,9,11,14H2,1-5H3/b16-8+/t20-,21-,24-,25+/m1/s1. The number of ether oxygens (including phenoxy) is 2. The maximum Gasteiger partial charge on any atom is 0.209 e. The lowest BCUT2D eigenvalue weighted by atomic mass is 9.79. The molecule has 30 heavy (non-hydrogen) atoms. The van der Waals surface area contributed by atoms with Gasteiger partial charge in [-0.1, -0.05) is 31.1 Å². The molecule has 164 valence electrons. The van der Waals surface area contributed by atoms with Crippen LogP contribution in [0.4, 0.5) is 0 Å². The zero-order valence-electron chi connectivity index (χ0n) is 18.7. The Labute approximate surface area is 179 Å². The first kappa shape index (κ1) is 22.9. The summed E-state index contributed by atoms with van der Waals surface area (Å²) in [5, 5.41) is 9.96. The van der Waals surface area contributed by atoms with Gasteiger partial charge in [-0.15, -0.1) is 0 Å². The zero-order chi connectivity index (χ0) is 22.1. The van der Waals surface area contributed by atoms with E-state index >= 15 is 0 Å². The van der Waals surface area contributed by atoms with Crippen molar-refractivity contribution in [3.63, 3.8) is 0 Å². The van der Waals surface area contributed by atoms with E-state index in [0.717, 1.165) is 29.6 Å². The van der Waals surface area contributed by atoms with Crippen molar-refractivity contribution in [3.05, 3.63) is 46.6 Å². The number of ketones is 2. The predicted octanol–water partition coefficient (Wildman–Crippen LogP) is 4.22. The second kappa shape index (κ2) is 9.13. The number of Topliss-reactive ketones (excluding diaryl/α,β-unsaturated/α-hetero) is 2. The molecular weight excluding hydrogens is 380 g/mol. The van der Waals surface area contributed by atoms with Crippen LogP contribution in [0.2, 0.25) is 0 Å². The number of aliphatic hydroxyl groups is 1. The Morgan fingerprint density at radius 1 is 1.23 bits per heavy atom. The van der Waals surface area contributed by atoms with Gasteiger partial charge in [0.25, 0.3) is 0 Å². The van der Waals surface area contributed by atoms with Crippen LogP contribution < -0.4 is 0 Å². The van der Waals surface area contributed by atoms with E-state index in [4.69, 9.17) is 9.47 Å². The number of hydrogen-bond acceptors (Lipinski definition) is 5. The second-order valence-electron chi connectivity index (χ2n) is 9.25. The third-order valence-corrected chi connectivity index (χ3v) is 6.21. The van der Waals surface area contributed by atoms with E-state index in [9.17, 15) is 14.7 Å². The van der Waals surface area contributed by atoms with E-state index in [2.05, 4.69) is 13.0 Å². The van der Waals surface area contributed by atoms with Crippen LogP contribution in [-0.4, -0.2) is 41.3 Å². The molecule has 0 aromatic carbocycles. The number of aliphatic hydroxyl groups excluding tert-OH is 1. The van der Waals surface area contributed by atoms with Crippen molar-refractivity contribution in [2.45, 2.75) is 78.3 Å². The fourth-order valence-corrected chi connectivity index (χ4v) is 4.44. The molecule has 0 unspecified atom stereocenters. The summed E-state index contributed by atoms with van der Waals surface area (Å²) in [7, 11) is 0. The van der Waals surface area contributed by atoms with Gasteiger partial charge >= 0.3 is 0 Å². The van der Waals surface area contributed by atoms with E-state index in [1.54, 1.807) is 0 Å². The fourth-order valence-electron chi connectivity index (χ4n) is 4.44. The number of hydrogen-bond donors (Lipinski definition) is 1. The van der Waals surface area contributed by atoms with Crippen molar-refractivity contribution in [2.75, 3.05) is 6.61 Å². The molecule has 1 N–H and O–H groups in total. The van der Waals surface area contributed by atoms with E-state index in [0.29, 0.717) is 18.4 Å². The molecule has 5 heteroatoms. The van der Waals surface area contributed by atoms with Crippen molar-refractivity contribution in [1.82, 2.24) is 0 Å². The van der Waals surface area contributed by atoms with E-state index in [1.807, 2.05) is 45.9 Å². The molecule has 3 rings (SSSR count). The highest BCUT2D eigenvalue weighted by Crippen LogP contribution is 2.42. The van der Waals surface area contributed by atoms with Gasteiger partial charge in [-0.3, -0.25) is 9.59 Å². The van der Waals surface area contributed by atoms with Gasteiger partial charge in [0.15, 0.2) is 5.78 Å². The number of allylic oxidation sites excluding steroid dienone is 2. The molecule has 5 nitrogen and oxygen atoms in total. The van der Waals surface area contributed by atoms with Crippen molar-refractivity contribution in [1.29, 1.82) is 0 Å². The van der Waals surface area contributed by atoms with Crippen LogP contribution >= 0.6 is 0 Å². The average molecular weight is 415 g/mol. The Kier molecular flexibility index (Phi) is 6.95. The zero-order valence-corrected chi connectivity index (χ0v) is 18.7. The maximum atomic E-state index is 12.1. The van der Waals surface area contributed by atoms with Gasteiger partial charge in [0, 0.05) is 24.7 Å². The van der Waals surface area contributed by atoms with E-state index in [-0.39, 0.29) is 42.2 Å². The quantitative estimate of drug-likeness (QED) is 0.659. The highest BCUT2D eigenvalue weighted by atomic mass is 16.7. The topological polar surface area (TPSA) is 72.8 Å². The Bertz CT molecular complexity index is 828. The van der Waals surface area contributed by atoms with Gasteiger partial charge in [0.1, 0.15) is 5.78 Å². The van der Waals surface area contributed by atoms with Crippen molar-refractivity contribution in [3.8, 4) is 0 Å². The van der Waals surface area contributed by atoms with Gasteiger partial charge in [-0.05, 0) is 63.0 Å². The molecule has 0 amide bonds. The minimum Gasteiger partial charge on any atom is -0.392 e. The number of carbonyl (C=O) groups is 2. The summed E-state index contributed by atoms with van der Waals surface area (Å²) in [6.07, 6.45) is 9.65. The molecule has 0 saturated carbocycles. The summed E-state index contributed by atoms with van der Waals surface area (Å²) >= 11 is 0. The van der Waals surface area contributed by atoms with Gasteiger partial charge in [0.2, 0.25) is 5.79 Å². The third kappa shape index (κ3) is 5.08. The van der Waals surface area contributed by atoms with Crippen LogP contribution in [0.1, 0.15) is 60.3 Å². The fraction of sp³-hybridized carbons (Fsp3) is 0.600. The molecular formula is C25H34O5. The highest BCUT2D eigenvalue weighted by Gasteiger charge is 2.45. The molecule has 0 aromatic rings. The molecule has 3 aliphatic rings. The summed E-state index contributed by atoms with van der Waals surface area (Å²) in [5.74, 6) is -0.770. The summed E-state index contributed by atoms with van der Waals surface area (Å²) in [6, 6.07) is 0. The SMILES string of the molecule is CC1=C[C@]2(C=C(CO)[C@H]3CC(=O)C(C)=C[C@H]3O2)O[C@H](/C=C(\C)CCC(=O)C(C)C)C1. The molecule has 1 spiro atoms. The van der Waals surface area contributed by atoms with Crippen molar-refractivity contribution in [2.24, 2.45) is 11.8 Å². The molecule has 2 aliphatic heterocycles. The van der Waals surface area contributed by atoms with Gasteiger partial charge in [-0.2, -0.15) is 0 Å². The van der Waals surface area contributed by atoms with Crippen LogP contribution in [0.5, 0.6) is 0 Å². The highest BCUT2D eigenvalue weighted by molar-refractivity contribution is 5.96. The number of rotatable bonds is 6. The molecule has 0 bridgehead atoms. The van der Waals surface area contributed by atoms with Gasteiger partial charge in [0.05, 0.1) is 18.8 Å². The minimum atomic E-state index is -1.05. The molecule has 1 aliphatic carbocycles. The lowest BCUT2D eigenvalue weighted by Gasteiger charge is -2.45. The molecule has 2 heterocycles. The van der Waals surface area contributed by atoms with Crippen molar-refractivity contribution >= 4 is 11.6 Å². The lowest BCUT2D eigenvalue weighted by molar-refractivity contribution is -0.224. The Morgan fingerprint density at radius 3 is 2.63 bits per heavy atom. The van der Waals surface area contributed by atoms with E-state index in [1.165, 1.54) is 0 Å². The van der Waals surface area contributed by atoms with Gasteiger partial charge in [-0.25, -0.2) is 0 Å². The first-order chi connectivity index (χ1) is 14.1. The summed E-state index contributed by atoms with van der Waals surface area (Å²) < 4.78 is 12.8. The Hall–Kier alpha value is -1.82. The second-order valence-corrected chi connectivity index (χ2v) is 9.25. The number of carbonyl (C=O) groups excluding carboxylic acids is 2. The minimum absolute atomic E-state index is 0.0571. The molecule has 0 aromatic heterocycles. The number of fused-ring (bicyclic) bond motifs is 1. The van der Waals surface area contributed by atoms with Crippen LogP contribution in [-0.2, 0) is 19.1 Å². The Morgan fingerprint density at radius 2 is 1.97 bits per heavy atom. The smallest absolute Gasteiger partial charge is 0.209 e. The lowest BCUT2D eigenvalue weighted by Crippen LogP contribution is -2.49. The summed E-state index contributed by atoms with van der Waals surface area (Å²) in [5.41, 5.74) is 3.76. The Balaban J connectivity index is 1.81. The molecule has 0 saturated heterocycles. The van der Waals surface area contributed by atoms with Crippen LogP contribution in [0.3, 0.4) is 0 Å². The third-order valence-electron chi connectivity index (χ3n) is 6.21. The molecule has 4 atom stereocenters. The normalized spacial score (nSPS) is 32.0. The first-order valence-electron chi connectivity index (χ1n) is 10.9. The van der Waals surface area contributed by atoms with Crippen LogP contribution in [0.15, 0.2) is 46.6 Å². The predicted molar refractivity (Wildman–Crippen MR) is 116 cm³/mol. The largest absolute Gasteiger partial charge is 0.392 e. The van der Waals surface area contributed by atoms with E-state index < -0.39 is 5.79 Å². The molecule has 0 fully saturated rings. The van der Waals surface area contributed by atoms with Crippen LogP contribution in [0, 0.1) is 11.8 Å². The monoisotopic (exact) mass is 414 g/mol. The summed E-state index contributed by atoms with van der Waals surface area (Å²) in [4.78, 5) is 24.1. The van der Waals surface area contributed by atoms with Crippen LogP contribution in [0.25, 0.3) is 0 Å². The first-order valence-corrected chi connectivity index (χ1v) is 10.9. The maximum absolute atomic E-state index is 12.1. The molecule has 0 radical (unpaired) electrons. The van der Waals surface area contributed by atoms with Gasteiger partial charge < -0.3 is 14.6 Å².